The number of fused-ring (bicyclic) bond motifs is 3. The molecule has 1 aliphatic carbocycles. The number of nitrogens with zero attached hydrogens (tertiary/aromatic N) is 1. The first-order valence-electron chi connectivity index (χ1n) is 9.21. The number of benzene rings is 3. The first-order chi connectivity index (χ1) is 12.8. The van der Waals surface area contributed by atoms with Gasteiger partial charge in [-0.3, -0.25) is 0 Å². The number of allylic oxidation sites excluding steroid dienone is 2. The Morgan fingerprint density at radius 1 is 0.769 bits per heavy atom. The van der Waals surface area contributed by atoms with E-state index < -0.39 is 0 Å². The summed E-state index contributed by atoms with van der Waals surface area (Å²) in [6.07, 6.45) is 7.09. The van der Waals surface area contributed by atoms with Crippen molar-refractivity contribution in [2.75, 3.05) is 4.90 Å². The molecule has 0 saturated heterocycles. The molecule has 2 unspecified atom stereocenters. The second-order valence-electron chi connectivity index (χ2n) is 7.13. The molecular weight excluding hydrogens is 314 g/mol. The van der Waals surface area contributed by atoms with Gasteiger partial charge in [-0.2, -0.15) is 0 Å². The third-order valence-corrected chi connectivity index (χ3v) is 5.47. The van der Waals surface area contributed by atoms with Crippen LogP contribution in [-0.4, -0.2) is 6.04 Å². The Labute approximate surface area is 154 Å². The van der Waals surface area contributed by atoms with Gasteiger partial charge in [0.25, 0.3) is 0 Å². The molecule has 3 aromatic rings. The van der Waals surface area contributed by atoms with Crippen molar-refractivity contribution in [3.8, 4) is 0 Å². The minimum Gasteiger partial charge on any atom is -0.333 e. The van der Waals surface area contributed by atoms with Gasteiger partial charge in [-0.25, -0.2) is 0 Å². The van der Waals surface area contributed by atoms with Crippen LogP contribution in [0.5, 0.6) is 0 Å². The maximum atomic E-state index is 2.47. The molecule has 0 aromatic heterocycles. The second-order valence-corrected chi connectivity index (χ2v) is 7.13. The lowest BCUT2D eigenvalue weighted by Crippen LogP contribution is -2.28. The topological polar surface area (TPSA) is 3.24 Å². The molecule has 0 fully saturated rings. The zero-order valence-corrected chi connectivity index (χ0v) is 14.8. The highest BCUT2D eigenvalue weighted by molar-refractivity contribution is 5.82. The second kappa shape index (κ2) is 6.03. The molecule has 1 aliphatic heterocycles. The van der Waals surface area contributed by atoms with Crippen molar-refractivity contribution < 1.29 is 0 Å². The largest absolute Gasteiger partial charge is 0.333 e. The summed E-state index contributed by atoms with van der Waals surface area (Å²) in [7, 11) is 0. The highest BCUT2D eigenvalue weighted by atomic mass is 15.2. The fourth-order valence-electron chi connectivity index (χ4n) is 4.18. The lowest BCUT2D eigenvalue weighted by atomic mass is 9.86. The molecule has 0 saturated carbocycles. The van der Waals surface area contributed by atoms with E-state index in [1.807, 2.05) is 0 Å². The van der Waals surface area contributed by atoms with Gasteiger partial charge in [0.1, 0.15) is 0 Å². The number of aryl methyl sites for hydroxylation is 1. The van der Waals surface area contributed by atoms with E-state index in [9.17, 15) is 0 Å². The van der Waals surface area contributed by atoms with Gasteiger partial charge in [-0.1, -0.05) is 84.5 Å². The van der Waals surface area contributed by atoms with Gasteiger partial charge in [0.2, 0.25) is 0 Å². The molecule has 1 heteroatoms. The van der Waals surface area contributed by atoms with Crippen LogP contribution in [0.2, 0.25) is 0 Å². The number of rotatable bonds is 2. The number of anilines is 2. The monoisotopic (exact) mass is 335 g/mol. The van der Waals surface area contributed by atoms with Crippen molar-refractivity contribution in [1.82, 2.24) is 0 Å². The molecule has 5 rings (SSSR count). The molecule has 0 radical (unpaired) electrons. The zero-order chi connectivity index (χ0) is 17.5. The third-order valence-electron chi connectivity index (χ3n) is 5.47. The quantitative estimate of drug-likeness (QED) is 0.535. The van der Waals surface area contributed by atoms with E-state index in [0.29, 0.717) is 12.0 Å². The van der Waals surface area contributed by atoms with Crippen molar-refractivity contribution in [1.29, 1.82) is 0 Å². The molecule has 1 heterocycles. The third kappa shape index (κ3) is 2.40. The summed E-state index contributed by atoms with van der Waals surface area (Å²) in [5, 5.41) is 0. The molecule has 0 N–H and O–H groups in total. The Morgan fingerprint density at radius 3 is 2.31 bits per heavy atom. The fourth-order valence-corrected chi connectivity index (χ4v) is 4.18. The van der Waals surface area contributed by atoms with Gasteiger partial charge in [-0.15, -0.1) is 0 Å². The average Bonchev–Trinajstić information content (AvgIpc) is 3.03. The minimum absolute atomic E-state index is 0.337. The van der Waals surface area contributed by atoms with Crippen molar-refractivity contribution in [3.05, 3.63) is 114 Å². The van der Waals surface area contributed by atoms with Gasteiger partial charge in [0.05, 0.1) is 6.04 Å². The highest BCUT2D eigenvalue weighted by Gasteiger charge is 2.37. The molecule has 2 aliphatic rings. The average molecular weight is 335 g/mol. The maximum absolute atomic E-state index is 2.47. The van der Waals surface area contributed by atoms with Crippen LogP contribution in [0.4, 0.5) is 11.4 Å². The Kier molecular flexibility index (Phi) is 3.53. The molecule has 1 nitrogen and oxygen atoms in total. The molecule has 0 spiro atoms. The van der Waals surface area contributed by atoms with E-state index in [1.165, 1.54) is 33.6 Å². The Hall–Kier alpha value is -3.06. The van der Waals surface area contributed by atoms with Crippen LogP contribution in [0.15, 0.2) is 97.1 Å². The van der Waals surface area contributed by atoms with E-state index >= 15 is 0 Å². The Balaban J connectivity index is 1.60. The standard InChI is InChI=1S/C25H21N/c1-18-11-13-19(14-12-18)20-15-16-25-23(17-20)22-9-5-6-10-24(22)26(25)21-7-3-2-4-8-21/h2-17,23,25H,1H3. The van der Waals surface area contributed by atoms with E-state index in [1.54, 1.807) is 0 Å². The predicted molar refractivity (Wildman–Crippen MR) is 110 cm³/mol. The summed E-state index contributed by atoms with van der Waals surface area (Å²) in [4.78, 5) is 2.47. The number of para-hydroxylation sites is 2. The number of hydrogen-bond donors (Lipinski definition) is 0. The molecule has 3 aromatic carbocycles. The minimum atomic E-state index is 0.337. The summed E-state index contributed by atoms with van der Waals surface area (Å²) >= 11 is 0. The van der Waals surface area contributed by atoms with Crippen molar-refractivity contribution in [3.63, 3.8) is 0 Å². The summed E-state index contributed by atoms with van der Waals surface area (Å²) in [5.41, 5.74) is 7.89. The summed E-state index contributed by atoms with van der Waals surface area (Å²) < 4.78 is 0. The maximum Gasteiger partial charge on any atom is 0.0630 e. The van der Waals surface area contributed by atoms with Crippen molar-refractivity contribution in [2.24, 2.45) is 0 Å². The lowest BCUT2D eigenvalue weighted by Gasteiger charge is -2.29. The van der Waals surface area contributed by atoms with Crippen LogP contribution in [0.1, 0.15) is 22.6 Å². The zero-order valence-electron chi connectivity index (χ0n) is 14.8. The molecule has 26 heavy (non-hydrogen) atoms. The smallest absolute Gasteiger partial charge is 0.0630 e. The normalized spacial score (nSPS) is 20.5. The molecule has 0 bridgehead atoms. The number of hydrogen-bond acceptors (Lipinski definition) is 1. The van der Waals surface area contributed by atoms with E-state index in [0.717, 1.165) is 0 Å². The summed E-state index contributed by atoms with van der Waals surface area (Å²) in [6, 6.07) is 28.7. The molecule has 0 amide bonds. The van der Waals surface area contributed by atoms with Gasteiger partial charge in [-0.05, 0) is 41.8 Å². The van der Waals surface area contributed by atoms with Crippen LogP contribution in [0.3, 0.4) is 0 Å². The van der Waals surface area contributed by atoms with Gasteiger partial charge in [0, 0.05) is 17.3 Å². The Bertz CT molecular complexity index is 996. The highest BCUT2D eigenvalue weighted by Crippen LogP contribution is 2.48. The van der Waals surface area contributed by atoms with Gasteiger partial charge < -0.3 is 4.90 Å². The predicted octanol–water partition coefficient (Wildman–Crippen LogP) is 6.25. The fraction of sp³-hybridized carbons (Fsp3) is 0.120. The molecular formula is C25H21N. The molecule has 126 valence electrons. The first-order valence-corrected chi connectivity index (χ1v) is 9.21. The summed E-state index contributed by atoms with van der Waals surface area (Å²) in [6.45, 7) is 2.13. The van der Waals surface area contributed by atoms with Crippen LogP contribution < -0.4 is 4.90 Å². The van der Waals surface area contributed by atoms with E-state index in [2.05, 4.69) is 109 Å². The lowest BCUT2D eigenvalue weighted by molar-refractivity contribution is 0.747. The molecule has 2 atom stereocenters. The van der Waals surface area contributed by atoms with Crippen molar-refractivity contribution in [2.45, 2.75) is 18.9 Å². The van der Waals surface area contributed by atoms with E-state index in [-0.39, 0.29) is 0 Å². The van der Waals surface area contributed by atoms with Crippen LogP contribution in [0, 0.1) is 6.92 Å². The van der Waals surface area contributed by atoms with Gasteiger partial charge in [0.15, 0.2) is 0 Å². The first kappa shape index (κ1) is 15.2. The van der Waals surface area contributed by atoms with Crippen LogP contribution in [0.25, 0.3) is 5.57 Å². The van der Waals surface area contributed by atoms with E-state index in [4.69, 9.17) is 0 Å². The van der Waals surface area contributed by atoms with Crippen molar-refractivity contribution >= 4 is 16.9 Å². The van der Waals surface area contributed by atoms with Gasteiger partial charge >= 0.3 is 0 Å². The summed E-state index contributed by atoms with van der Waals surface area (Å²) in [5.74, 6) is 0.382. The van der Waals surface area contributed by atoms with Crippen LogP contribution >= 0.6 is 0 Å². The van der Waals surface area contributed by atoms with Crippen LogP contribution in [-0.2, 0) is 0 Å². The Morgan fingerprint density at radius 2 is 1.50 bits per heavy atom. The SMILES string of the molecule is Cc1ccc(C2=CC3c4ccccc4N(c4ccccc4)C3C=C2)cc1.